The molecule has 0 saturated carbocycles. The summed E-state index contributed by atoms with van der Waals surface area (Å²) in [7, 11) is 0. The minimum atomic E-state index is -1.82. The molecule has 6 nitrogen and oxygen atoms in total. The molecule has 0 aliphatic carbocycles. The van der Waals surface area contributed by atoms with Crippen molar-refractivity contribution in [2.75, 3.05) is 0 Å². The Morgan fingerprint density at radius 2 is 1.44 bits per heavy atom. The van der Waals surface area contributed by atoms with Crippen molar-refractivity contribution in [2.24, 2.45) is 11.7 Å². The molecular weight excluding hydrogens is 212 g/mol. The third-order valence-corrected chi connectivity index (χ3v) is 1.22. The molecule has 0 fully saturated rings. The lowest BCUT2D eigenvalue weighted by Crippen LogP contribution is -2.09. The Labute approximate surface area is 92.8 Å². The summed E-state index contributed by atoms with van der Waals surface area (Å²) in [6.45, 7) is 3.63. The highest BCUT2D eigenvalue weighted by Crippen LogP contribution is 1.97. The highest BCUT2D eigenvalue weighted by molar-refractivity contribution is 6.27. The summed E-state index contributed by atoms with van der Waals surface area (Å²) in [5.41, 5.74) is 1.17. The first-order chi connectivity index (χ1) is 7.57. The van der Waals surface area contributed by atoms with Gasteiger partial charge >= 0.3 is 11.9 Å². The van der Waals surface area contributed by atoms with Gasteiger partial charge in [0.15, 0.2) is 0 Å². The van der Waals surface area contributed by atoms with E-state index in [0.717, 1.165) is 0 Å². The average Bonchev–Trinajstić information content (AvgIpc) is 2.33. The molecule has 0 aromatic heterocycles. The molecule has 1 rings (SSSR count). The Balaban J connectivity index is 0. The summed E-state index contributed by atoms with van der Waals surface area (Å²) in [5.74, 6) is 4.35. The molecule has 16 heavy (non-hydrogen) atoms. The van der Waals surface area contributed by atoms with E-state index >= 15 is 0 Å². The molecule has 0 aliphatic heterocycles. The molecule has 0 heterocycles. The van der Waals surface area contributed by atoms with Crippen molar-refractivity contribution < 1.29 is 19.8 Å². The van der Waals surface area contributed by atoms with Gasteiger partial charge in [-0.1, -0.05) is 43.0 Å². The number of hydrazine groups is 1. The molecule has 0 bridgehead atoms. The first kappa shape index (κ1) is 16.3. The third-order valence-electron chi connectivity index (χ3n) is 1.22. The standard InChI is InChI=1S/C8H8.C2H2O4.H4N2/c1-2-8-6-4-3-5-7-8;3-1(4)2(5)6;1-2/h2-7H,1H2;(H,3,4)(H,5,6);1-2H2. The van der Waals surface area contributed by atoms with E-state index < -0.39 is 11.9 Å². The number of carbonyl (C=O) groups is 2. The van der Waals surface area contributed by atoms with Crippen molar-refractivity contribution in [3.05, 3.63) is 42.5 Å². The van der Waals surface area contributed by atoms with E-state index in [9.17, 15) is 0 Å². The molecule has 1 aromatic carbocycles. The number of carboxylic acid groups (broad SMARTS) is 2. The summed E-state index contributed by atoms with van der Waals surface area (Å²) in [6.07, 6.45) is 1.83. The van der Waals surface area contributed by atoms with Gasteiger partial charge in [-0.15, -0.1) is 0 Å². The molecule has 0 unspecified atom stereocenters. The molecule has 0 saturated heterocycles. The summed E-state index contributed by atoms with van der Waals surface area (Å²) >= 11 is 0. The second-order valence-corrected chi connectivity index (χ2v) is 2.23. The van der Waals surface area contributed by atoms with Gasteiger partial charge in [0.25, 0.3) is 0 Å². The molecule has 0 atom stereocenters. The van der Waals surface area contributed by atoms with Crippen LogP contribution in [0.25, 0.3) is 6.08 Å². The molecule has 0 radical (unpaired) electrons. The van der Waals surface area contributed by atoms with Crippen molar-refractivity contribution in [3.63, 3.8) is 0 Å². The lowest BCUT2D eigenvalue weighted by Gasteiger charge is -1.85. The number of aliphatic carboxylic acids is 2. The second kappa shape index (κ2) is 10.9. The van der Waals surface area contributed by atoms with E-state index in [0.29, 0.717) is 0 Å². The van der Waals surface area contributed by atoms with E-state index in [-0.39, 0.29) is 0 Å². The predicted molar refractivity (Wildman–Crippen MR) is 60.2 cm³/mol. The Morgan fingerprint density at radius 1 is 1.06 bits per heavy atom. The molecule has 0 amide bonds. The normalized spacial score (nSPS) is 7.38. The number of nitrogens with two attached hydrogens (primary N) is 2. The van der Waals surface area contributed by atoms with Gasteiger partial charge in [-0.25, -0.2) is 9.59 Å². The van der Waals surface area contributed by atoms with Crippen LogP contribution in [-0.2, 0) is 9.59 Å². The largest absolute Gasteiger partial charge is 0.473 e. The summed E-state index contributed by atoms with van der Waals surface area (Å²) < 4.78 is 0. The average molecular weight is 226 g/mol. The molecule has 0 spiro atoms. The quantitative estimate of drug-likeness (QED) is 0.310. The predicted octanol–water partition coefficient (Wildman–Crippen LogP) is 0.304. The smallest absolute Gasteiger partial charge is 0.414 e. The topological polar surface area (TPSA) is 127 Å². The Hall–Kier alpha value is -2.18. The Kier molecular flexibility index (Phi) is 11.1. The van der Waals surface area contributed by atoms with Crippen LogP contribution in [0.2, 0.25) is 0 Å². The van der Waals surface area contributed by atoms with Crippen molar-refractivity contribution in [1.29, 1.82) is 0 Å². The van der Waals surface area contributed by atoms with Crippen LogP contribution < -0.4 is 11.7 Å². The summed E-state index contributed by atoms with van der Waals surface area (Å²) in [5, 5.41) is 14.8. The third kappa shape index (κ3) is 9.90. The SMILES string of the molecule is C=Cc1ccccc1.NN.O=C(O)C(=O)O. The van der Waals surface area contributed by atoms with Crippen LogP contribution in [0, 0.1) is 0 Å². The number of rotatable bonds is 1. The van der Waals surface area contributed by atoms with Crippen LogP contribution in [0.5, 0.6) is 0 Å². The zero-order valence-electron chi connectivity index (χ0n) is 8.54. The van der Waals surface area contributed by atoms with Crippen LogP contribution in [0.15, 0.2) is 36.9 Å². The van der Waals surface area contributed by atoms with E-state index in [1.54, 1.807) is 0 Å². The molecule has 6 heteroatoms. The van der Waals surface area contributed by atoms with Crippen molar-refractivity contribution in [1.82, 2.24) is 0 Å². The van der Waals surface area contributed by atoms with Gasteiger partial charge < -0.3 is 10.2 Å². The zero-order chi connectivity index (χ0) is 13.0. The minimum absolute atomic E-state index is 1.17. The molecule has 88 valence electrons. The fourth-order valence-electron chi connectivity index (χ4n) is 0.589. The van der Waals surface area contributed by atoms with Crippen LogP contribution in [-0.4, -0.2) is 22.2 Å². The first-order valence-corrected chi connectivity index (χ1v) is 4.05. The van der Waals surface area contributed by atoms with Crippen molar-refractivity contribution in [2.45, 2.75) is 0 Å². The lowest BCUT2D eigenvalue weighted by atomic mass is 10.2. The number of benzene rings is 1. The van der Waals surface area contributed by atoms with Crippen molar-refractivity contribution >= 4 is 18.0 Å². The van der Waals surface area contributed by atoms with E-state index in [1.807, 2.05) is 36.4 Å². The molecule has 6 N–H and O–H groups in total. The van der Waals surface area contributed by atoms with Crippen molar-refractivity contribution in [3.8, 4) is 0 Å². The van der Waals surface area contributed by atoms with Gasteiger partial charge in [0.05, 0.1) is 0 Å². The zero-order valence-corrected chi connectivity index (χ0v) is 8.54. The van der Waals surface area contributed by atoms with Gasteiger partial charge in [-0.2, -0.15) is 0 Å². The fraction of sp³-hybridized carbons (Fsp3) is 0. The number of hydrogen-bond donors (Lipinski definition) is 4. The van der Waals surface area contributed by atoms with Crippen LogP contribution in [0.3, 0.4) is 0 Å². The summed E-state index contributed by atoms with van der Waals surface area (Å²) in [6, 6.07) is 10.0. The first-order valence-electron chi connectivity index (χ1n) is 4.05. The van der Waals surface area contributed by atoms with Gasteiger partial charge in [-0.05, 0) is 5.56 Å². The Morgan fingerprint density at radius 3 is 1.62 bits per heavy atom. The lowest BCUT2D eigenvalue weighted by molar-refractivity contribution is -0.159. The highest BCUT2D eigenvalue weighted by Gasteiger charge is 2.04. The van der Waals surface area contributed by atoms with Crippen LogP contribution >= 0.6 is 0 Å². The summed E-state index contributed by atoms with van der Waals surface area (Å²) in [4.78, 5) is 18.2. The van der Waals surface area contributed by atoms with E-state index in [4.69, 9.17) is 19.8 Å². The maximum absolute atomic E-state index is 9.10. The van der Waals surface area contributed by atoms with Crippen LogP contribution in [0.1, 0.15) is 5.56 Å². The Bertz CT molecular complexity index is 313. The van der Waals surface area contributed by atoms with Gasteiger partial charge in [0, 0.05) is 0 Å². The minimum Gasteiger partial charge on any atom is -0.473 e. The highest BCUT2D eigenvalue weighted by atomic mass is 16.4. The molecule has 0 aliphatic rings. The van der Waals surface area contributed by atoms with Gasteiger partial charge in [0.1, 0.15) is 0 Å². The number of carboxylic acids is 2. The fourth-order valence-corrected chi connectivity index (χ4v) is 0.589. The monoisotopic (exact) mass is 226 g/mol. The number of hydrogen-bond acceptors (Lipinski definition) is 4. The van der Waals surface area contributed by atoms with E-state index in [1.165, 1.54) is 5.56 Å². The maximum Gasteiger partial charge on any atom is 0.414 e. The second-order valence-electron chi connectivity index (χ2n) is 2.23. The maximum atomic E-state index is 9.10. The molecule has 1 aromatic rings. The van der Waals surface area contributed by atoms with Gasteiger partial charge in [-0.3, -0.25) is 11.7 Å². The van der Waals surface area contributed by atoms with E-state index in [2.05, 4.69) is 18.3 Å². The van der Waals surface area contributed by atoms with Gasteiger partial charge in [0.2, 0.25) is 0 Å². The van der Waals surface area contributed by atoms with Crippen LogP contribution in [0.4, 0.5) is 0 Å². The molecular formula is C10H14N2O4.